The van der Waals surface area contributed by atoms with E-state index in [4.69, 9.17) is 0 Å². The van der Waals surface area contributed by atoms with Gasteiger partial charge in [-0.3, -0.25) is 19.5 Å². The number of thiophene rings is 1. The summed E-state index contributed by atoms with van der Waals surface area (Å²) in [6.07, 6.45) is 0.849. The van der Waals surface area contributed by atoms with Gasteiger partial charge in [0.2, 0.25) is 0 Å². The molecule has 1 saturated heterocycles. The maximum atomic E-state index is 13.9. The number of aromatic nitrogens is 1. The molecule has 2 amide bonds. The number of nitrogens with one attached hydrogen (secondary N) is 2. The lowest BCUT2D eigenvalue weighted by Gasteiger charge is -2.15. The molecule has 1 aliphatic heterocycles. The molecule has 4 aromatic rings. The molecule has 1 atom stereocenters. The predicted octanol–water partition coefficient (Wildman–Crippen LogP) is 4.95. The summed E-state index contributed by atoms with van der Waals surface area (Å²) in [6, 6.07) is 15.9. The largest absolute Gasteiger partial charge is 0.334 e. The Morgan fingerprint density at radius 2 is 1.89 bits per heavy atom. The Bertz CT molecular complexity index is 1550. The topological polar surface area (TPSA) is 83.4 Å². The highest BCUT2D eigenvalue weighted by molar-refractivity contribution is 7.23. The number of para-hydroxylation sites is 1. The number of ketones is 1. The quantitative estimate of drug-likeness (QED) is 0.354. The molecule has 0 spiro atoms. The fourth-order valence-corrected chi connectivity index (χ4v) is 5.92. The first-order chi connectivity index (χ1) is 17.9. The standard InChI is InChI=1S/C28H27FN4O3S/c1-3-32-14-13-19(16-32)30-28(36)31-26-24(25(35)18-9-11-22(29)17(2)15-18)21-10-12-23(34)33(27(21)37-26)20-7-5-4-6-8-20/h4-12,15,19H,3,13-14,16H2,1-2H3,(H2,30,31,36)/t19-/m1/s1. The third kappa shape index (κ3) is 4.92. The van der Waals surface area contributed by atoms with Gasteiger partial charge in [0.15, 0.2) is 5.78 Å². The molecule has 2 N–H and O–H groups in total. The first-order valence-electron chi connectivity index (χ1n) is 12.2. The van der Waals surface area contributed by atoms with E-state index in [1.54, 1.807) is 13.0 Å². The number of carbonyl (C=O) groups is 2. The third-order valence-electron chi connectivity index (χ3n) is 6.69. The third-order valence-corrected chi connectivity index (χ3v) is 7.79. The van der Waals surface area contributed by atoms with Gasteiger partial charge in [0.25, 0.3) is 5.56 Å². The number of hydrogen-bond acceptors (Lipinski definition) is 5. The zero-order chi connectivity index (χ0) is 26.1. The number of aryl methyl sites for hydroxylation is 1. The van der Waals surface area contributed by atoms with Crippen molar-refractivity contribution in [3.05, 3.63) is 93.5 Å². The first kappa shape index (κ1) is 24.9. The van der Waals surface area contributed by atoms with E-state index in [2.05, 4.69) is 22.5 Å². The van der Waals surface area contributed by atoms with Crippen molar-refractivity contribution in [1.29, 1.82) is 0 Å². The average molecular weight is 519 g/mol. The Kier molecular flexibility index (Phi) is 6.90. The molecular weight excluding hydrogens is 491 g/mol. The lowest BCUT2D eigenvalue weighted by Crippen LogP contribution is -2.39. The van der Waals surface area contributed by atoms with Crippen LogP contribution >= 0.6 is 11.3 Å². The van der Waals surface area contributed by atoms with E-state index in [9.17, 15) is 18.8 Å². The summed E-state index contributed by atoms with van der Waals surface area (Å²) in [6.45, 7) is 6.29. The van der Waals surface area contributed by atoms with Gasteiger partial charge in [-0.05, 0) is 61.9 Å². The maximum absolute atomic E-state index is 13.9. The predicted molar refractivity (Wildman–Crippen MR) is 145 cm³/mol. The van der Waals surface area contributed by atoms with Crippen molar-refractivity contribution in [2.45, 2.75) is 26.3 Å². The van der Waals surface area contributed by atoms with Gasteiger partial charge in [-0.25, -0.2) is 9.18 Å². The van der Waals surface area contributed by atoms with E-state index in [-0.39, 0.29) is 22.9 Å². The van der Waals surface area contributed by atoms with Crippen molar-refractivity contribution in [3.8, 4) is 5.69 Å². The van der Waals surface area contributed by atoms with Gasteiger partial charge in [-0.1, -0.05) is 36.5 Å². The number of likely N-dealkylation sites (N-methyl/N-ethyl adjacent to an activating group) is 1. The molecule has 190 valence electrons. The van der Waals surface area contributed by atoms with Gasteiger partial charge < -0.3 is 10.2 Å². The summed E-state index contributed by atoms with van der Waals surface area (Å²) < 4.78 is 15.5. The Morgan fingerprint density at radius 3 is 2.59 bits per heavy atom. The van der Waals surface area contributed by atoms with E-state index in [0.29, 0.717) is 32.0 Å². The van der Waals surface area contributed by atoms with E-state index in [0.717, 1.165) is 26.1 Å². The number of carbonyl (C=O) groups excluding carboxylic acids is 2. The number of rotatable bonds is 6. The fourth-order valence-electron chi connectivity index (χ4n) is 4.71. The summed E-state index contributed by atoms with van der Waals surface area (Å²) in [5, 5.41) is 6.75. The zero-order valence-corrected chi connectivity index (χ0v) is 21.4. The molecule has 0 saturated carbocycles. The van der Waals surface area contributed by atoms with Crippen LogP contribution in [0.1, 0.15) is 34.8 Å². The average Bonchev–Trinajstić information content (AvgIpc) is 3.49. The SMILES string of the molecule is CCN1CC[C@@H](NC(=O)Nc2sc3c(ccc(=O)n3-c3ccccc3)c2C(=O)c2ccc(F)c(C)c2)C1. The highest BCUT2D eigenvalue weighted by Gasteiger charge is 2.27. The van der Waals surface area contributed by atoms with Crippen LogP contribution in [0.4, 0.5) is 14.2 Å². The molecule has 1 fully saturated rings. The van der Waals surface area contributed by atoms with E-state index in [1.807, 2.05) is 30.3 Å². The molecule has 0 radical (unpaired) electrons. The summed E-state index contributed by atoms with van der Waals surface area (Å²) >= 11 is 1.17. The van der Waals surface area contributed by atoms with Crippen molar-refractivity contribution in [1.82, 2.24) is 14.8 Å². The summed E-state index contributed by atoms with van der Waals surface area (Å²) in [5.74, 6) is -0.763. The number of urea groups is 1. The van der Waals surface area contributed by atoms with Crippen LogP contribution in [-0.2, 0) is 0 Å². The van der Waals surface area contributed by atoms with Crippen LogP contribution in [0.25, 0.3) is 15.9 Å². The number of pyridine rings is 1. The molecule has 2 aromatic carbocycles. The van der Waals surface area contributed by atoms with Crippen molar-refractivity contribution in [2.24, 2.45) is 0 Å². The number of amides is 2. The highest BCUT2D eigenvalue weighted by atomic mass is 32.1. The monoisotopic (exact) mass is 518 g/mol. The Hall–Kier alpha value is -3.82. The van der Waals surface area contributed by atoms with Crippen LogP contribution in [0.3, 0.4) is 0 Å². The van der Waals surface area contributed by atoms with Crippen molar-refractivity contribution in [2.75, 3.05) is 25.0 Å². The van der Waals surface area contributed by atoms with E-state index in [1.165, 1.54) is 40.2 Å². The first-order valence-corrected chi connectivity index (χ1v) is 13.0. The lowest BCUT2D eigenvalue weighted by atomic mass is 10.0. The van der Waals surface area contributed by atoms with Gasteiger partial charge in [-0.2, -0.15) is 0 Å². The van der Waals surface area contributed by atoms with Gasteiger partial charge in [0.05, 0.1) is 11.3 Å². The van der Waals surface area contributed by atoms with Crippen LogP contribution in [0.5, 0.6) is 0 Å². The lowest BCUT2D eigenvalue weighted by molar-refractivity contribution is 0.104. The van der Waals surface area contributed by atoms with Crippen molar-refractivity contribution < 1.29 is 14.0 Å². The number of nitrogens with zero attached hydrogens (tertiary/aromatic N) is 2. The van der Waals surface area contributed by atoms with Crippen LogP contribution in [0.15, 0.2) is 65.5 Å². The van der Waals surface area contributed by atoms with Gasteiger partial charge in [0.1, 0.15) is 15.6 Å². The molecule has 0 aliphatic carbocycles. The number of likely N-dealkylation sites (tertiary alicyclic amines) is 1. The zero-order valence-electron chi connectivity index (χ0n) is 20.6. The minimum Gasteiger partial charge on any atom is -0.334 e. The molecule has 7 nitrogen and oxygen atoms in total. The molecule has 3 heterocycles. The smallest absolute Gasteiger partial charge is 0.320 e. The van der Waals surface area contributed by atoms with Gasteiger partial charge in [0, 0.05) is 36.1 Å². The molecule has 37 heavy (non-hydrogen) atoms. The number of benzene rings is 2. The minimum atomic E-state index is -0.410. The van der Waals surface area contributed by atoms with Gasteiger partial charge in [-0.15, -0.1) is 0 Å². The Morgan fingerprint density at radius 1 is 1.11 bits per heavy atom. The highest BCUT2D eigenvalue weighted by Crippen LogP contribution is 2.37. The molecule has 9 heteroatoms. The van der Waals surface area contributed by atoms with Crippen LogP contribution < -0.4 is 16.2 Å². The van der Waals surface area contributed by atoms with Gasteiger partial charge >= 0.3 is 6.03 Å². The second-order valence-electron chi connectivity index (χ2n) is 9.14. The van der Waals surface area contributed by atoms with Crippen molar-refractivity contribution >= 4 is 38.4 Å². The van der Waals surface area contributed by atoms with Crippen LogP contribution in [0.2, 0.25) is 0 Å². The van der Waals surface area contributed by atoms with E-state index >= 15 is 0 Å². The van der Waals surface area contributed by atoms with Crippen LogP contribution in [-0.4, -0.2) is 47.0 Å². The van der Waals surface area contributed by atoms with E-state index < -0.39 is 11.8 Å². The summed E-state index contributed by atoms with van der Waals surface area (Å²) in [7, 11) is 0. The molecular formula is C28H27FN4O3S. The maximum Gasteiger partial charge on any atom is 0.320 e. The Balaban J connectivity index is 1.60. The molecule has 5 rings (SSSR count). The second kappa shape index (κ2) is 10.3. The minimum absolute atomic E-state index is 0.00993. The number of hydrogen-bond donors (Lipinski definition) is 2. The second-order valence-corrected chi connectivity index (χ2v) is 10.1. The molecule has 0 bridgehead atoms. The number of anilines is 1. The fraction of sp³-hybridized carbons (Fsp3) is 0.250. The summed E-state index contributed by atoms with van der Waals surface area (Å²) in [4.78, 5) is 42.5. The molecule has 1 aliphatic rings. The van der Waals surface area contributed by atoms with Crippen LogP contribution in [0, 0.1) is 12.7 Å². The number of halogens is 1. The number of fused-ring (bicyclic) bond motifs is 1. The molecule has 0 unspecified atom stereocenters. The normalized spacial score (nSPS) is 15.7. The summed E-state index contributed by atoms with van der Waals surface area (Å²) in [5.41, 5.74) is 1.32. The Labute approximate surface area is 217 Å². The molecule has 2 aromatic heterocycles. The van der Waals surface area contributed by atoms with Crippen molar-refractivity contribution in [3.63, 3.8) is 0 Å².